The summed E-state index contributed by atoms with van der Waals surface area (Å²) in [6.45, 7) is 2.01. The van der Waals surface area contributed by atoms with Gasteiger partial charge in [0, 0.05) is 10.2 Å². The van der Waals surface area contributed by atoms with Gasteiger partial charge in [0.15, 0.2) is 0 Å². The summed E-state index contributed by atoms with van der Waals surface area (Å²) in [5.74, 6) is -0.663. The van der Waals surface area contributed by atoms with Crippen LogP contribution >= 0.6 is 15.9 Å². The summed E-state index contributed by atoms with van der Waals surface area (Å²) in [7, 11) is 1.32. The molecule has 0 heterocycles. The first-order chi connectivity index (χ1) is 11.0. The molecule has 120 valence electrons. The van der Waals surface area contributed by atoms with Gasteiger partial charge in [-0.05, 0) is 52.7 Å². The third-order valence-electron chi connectivity index (χ3n) is 3.17. The van der Waals surface area contributed by atoms with E-state index in [1.165, 1.54) is 7.11 Å². The molecule has 0 saturated carbocycles. The van der Waals surface area contributed by atoms with Crippen molar-refractivity contribution in [3.8, 4) is 0 Å². The average molecular weight is 377 g/mol. The summed E-state index contributed by atoms with van der Waals surface area (Å²) < 4.78 is 5.54. The number of para-hydroxylation sites is 1. The third-order valence-corrected chi connectivity index (χ3v) is 3.83. The van der Waals surface area contributed by atoms with Crippen molar-refractivity contribution >= 4 is 39.2 Å². The third kappa shape index (κ3) is 4.56. The van der Waals surface area contributed by atoms with E-state index in [1.807, 2.05) is 25.1 Å². The zero-order valence-corrected chi connectivity index (χ0v) is 14.4. The molecule has 0 aliphatic carbocycles. The number of hydrogen-bond donors (Lipinski definition) is 2. The SMILES string of the molecule is COC(=O)c1ccccc1NCC(=O)Nc1ccc(C)cc1Br. The molecular weight excluding hydrogens is 360 g/mol. The predicted molar refractivity (Wildman–Crippen MR) is 93.8 cm³/mol. The fourth-order valence-corrected chi connectivity index (χ4v) is 2.61. The van der Waals surface area contributed by atoms with Crippen LogP contribution in [-0.4, -0.2) is 25.5 Å². The molecular formula is C17H17BrN2O3. The number of methoxy groups -OCH3 is 1. The molecule has 0 aromatic heterocycles. The van der Waals surface area contributed by atoms with Gasteiger partial charge in [-0.25, -0.2) is 4.79 Å². The van der Waals surface area contributed by atoms with E-state index in [1.54, 1.807) is 24.3 Å². The lowest BCUT2D eigenvalue weighted by molar-refractivity contribution is -0.114. The summed E-state index contributed by atoms with van der Waals surface area (Å²) in [5, 5.41) is 5.76. The number of rotatable bonds is 5. The van der Waals surface area contributed by atoms with Crippen LogP contribution in [0.25, 0.3) is 0 Å². The fraction of sp³-hybridized carbons (Fsp3) is 0.176. The Balaban J connectivity index is 2.01. The first-order valence-electron chi connectivity index (χ1n) is 6.98. The second kappa shape index (κ2) is 7.78. The number of hydrogen-bond acceptors (Lipinski definition) is 4. The van der Waals surface area contributed by atoms with Crippen molar-refractivity contribution in [3.63, 3.8) is 0 Å². The van der Waals surface area contributed by atoms with E-state index < -0.39 is 5.97 Å². The van der Waals surface area contributed by atoms with Gasteiger partial charge < -0.3 is 15.4 Å². The Kier molecular flexibility index (Phi) is 5.76. The lowest BCUT2D eigenvalue weighted by atomic mass is 10.2. The van der Waals surface area contributed by atoms with E-state index in [-0.39, 0.29) is 12.5 Å². The van der Waals surface area contributed by atoms with Crippen LogP contribution < -0.4 is 10.6 Å². The molecule has 2 N–H and O–H groups in total. The normalized spacial score (nSPS) is 10.0. The second-order valence-corrected chi connectivity index (χ2v) is 5.78. The molecule has 0 aliphatic rings. The van der Waals surface area contributed by atoms with Crippen molar-refractivity contribution in [2.75, 3.05) is 24.3 Å². The summed E-state index contributed by atoms with van der Waals surface area (Å²) in [6, 6.07) is 12.6. The lowest BCUT2D eigenvalue weighted by Crippen LogP contribution is -2.23. The number of esters is 1. The van der Waals surface area contributed by atoms with Crippen molar-refractivity contribution in [3.05, 3.63) is 58.1 Å². The minimum absolute atomic E-state index is 0.0360. The van der Waals surface area contributed by atoms with Crippen LogP contribution in [0.5, 0.6) is 0 Å². The monoisotopic (exact) mass is 376 g/mol. The van der Waals surface area contributed by atoms with Crippen LogP contribution in [0, 0.1) is 6.92 Å². The van der Waals surface area contributed by atoms with Gasteiger partial charge in [0.25, 0.3) is 0 Å². The Labute approximate surface area is 143 Å². The van der Waals surface area contributed by atoms with Crippen LogP contribution in [0.1, 0.15) is 15.9 Å². The highest BCUT2D eigenvalue weighted by molar-refractivity contribution is 9.10. The molecule has 2 aromatic rings. The van der Waals surface area contributed by atoms with Crippen molar-refractivity contribution in [1.82, 2.24) is 0 Å². The zero-order chi connectivity index (χ0) is 16.8. The number of ether oxygens (including phenoxy) is 1. The maximum absolute atomic E-state index is 12.1. The minimum atomic E-state index is -0.449. The molecule has 0 fully saturated rings. The highest BCUT2D eigenvalue weighted by atomic mass is 79.9. The smallest absolute Gasteiger partial charge is 0.339 e. The number of nitrogens with one attached hydrogen (secondary N) is 2. The molecule has 0 bridgehead atoms. The van der Waals surface area contributed by atoms with Gasteiger partial charge in [-0.15, -0.1) is 0 Å². The molecule has 6 heteroatoms. The van der Waals surface area contributed by atoms with E-state index in [0.29, 0.717) is 16.9 Å². The largest absolute Gasteiger partial charge is 0.465 e. The predicted octanol–water partition coefficient (Wildman–Crippen LogP) is 3.59. The lowest BCUT2D eigenvalue weighted by Gasteiger charge is -2.12. The van der Waals surface area contributed by atoms with Gasteiger partial charge in [-0.1, -0.05) is 18.2 Å². The van der Waals surface area contributed by atoms with Crippen molar-refractivity contribution in [2.24, 2.45) is 0 Å². The van der Waals surface area contributed by atoms with Crippen LogP contribution in [0.15, 0.2) is 46.9 Å². The summed E-state index contributed by atoms with van der Waals surface area (Å²) in [5.41, 5.74) is 2.74. The number of carbonyl (C=O) groups is 2. The summed E-state index contributed by atoms with van der Waals surface area (Å²) in [6.07, 6.45) is 0. The Bertz CT molecular complexity index is 732. The second-order valence-electron chi connectivity index (χ2n) is 4.92. The molecule has 0 spiro atoms. The molecule has 0 atom stereocenters. The van der Waals surface area contributed by atoms with Crippen LogP contribution in [0.3, 0.4) is 0 Å². The van der Waals surface area contributed by atoms with Crippen LogP contribution in [0.2, 0.25) is 0 Å². The number of benzene rings is 2. The maximum atomic E-state index is 12.1. The van der Waals surface area contributed by atoms with Crippen molar-refractivity contribution < 1.29 is 14.3 Å². The summed E-state index contributed by atoms with van der Waals surface area (Å²) >= 11 is 3.42. The van der Waals surface area contributed by atoms with E-state index in [0.717, 1.165) is 10.0 Å². The Morgan fingerprint density at radius 3 is 2.57 bits per heavy atom. The average Bonchev–Trinajstić information content (AvgIpc) is 2.55. The minimum Gasteiger partial charge on any atom is -0.465 e. The number of aryl methyl sites for hydroxylation is 1. The molecule has 5 nitrogen and oxygen atoms in total. The number of carbonyl (C=O) groups excluding carboxylic acids is 2. The van der Waals surface area contributed by atoms with E-state index in [9.17, 15) is 9.59 Å². The highest BCUT2D eigenvalue weighted by Gasteiger charge is 2.12. The quantitative estimate of drug-likeness (QED) is 0.782. The van der Waals surface area contributed by atoms with Gasteiger partial charge >= 0.3 is 5.97 Å². The first-order valence-corrected chi connectivity index (χ1v) is 7.78. The van der Waals surface area contributed by atoms with E-state index in [2.05, 4.69) is 26.6 Å². The van der Waals surface area contributed by atoms with Crippen LogP contribution in [-0.2, 0) is 9.53 Å². The summed E-state index contributed by atoms with van der Waals surface area (Å²) in [4.78, 5) is 23.7. The zero-order valence-electron chi connectivity index (χ0n) is 12.9. The molecule has 0 aliphatic heterocycles. The fourth-order valence-electron chi connectivity index (χ4n) is 2.02. The Morgan fingerprint density at radius 2 is 1.87 bits per heavy atom. The molecule has 23 heavy (non-hydrogen) atoms. The first kappa shape index (κ1) is 17.0. The topological polar surface area (TPSA) is 67.4 Å². The van der Waals surface area contributed by atoms with Crippen molar-refractivity contribution in [2.45, 2.75) is 6.92 Å². The molecule has 0 saturated heterocycles. The number of amides is 1. The van der Waals surface area contributed by atoms with Crippen molar-refractivity contribution in [1.29, 1.82) is 0 Å². The molecule has 1 amide bonds. The Hall–Kier alpha value is -2.34. The van der Waals surface area contributed by atoms with E-state index in [4.69, 9.17) is 4.74 Å². The van der Waals surface area contributed by atoms with Gasteiger partial charge in [0.05, 0.1) is 24.9 Å². The van der Waals surface area contributed by atoms with Gasteiger partial charge in [-0.2, -0.15) is 0 Å². The number of anilines is 2. The molecule has 0 unspecified atom stereocenters. The van der Waals surface area contributed by atoms with Gasteiger partial charge in [0.1, 0.15) is 0 Å². The standard InChI is InChI=1S/C17H17BrN2O3/c1-11-7-8-15(13(18)9-11)20-16(21)10-19-14-6-4-3-5-12(14)17(22)23-2/h3-9,19H,10H2,1-2H3,(H,20,21). The number of halogens is 1. The maximum Gasteiger partial charge on any atom is 0.339 e. The van der Waals surface area contributed by atoms with Crippen LogP contribution in [0.4, 0.5) is 11.4 Å². The Morgan fingerprint density at radius 1 is 1.13 bits per heavy atom. The molecule has 2 rings (SSSR count). The van der Waals surface area contributed by atoms with Gasteiger partial charge in [0.2, 0.25) is 5.91 Å². The van der Waals surface area contributed by atoms with Gasteiger partial charge in [-0.3, -0.25) is 4.79 Å². The molecule has 2 aromatic carbocycles. The molecule has 0 radical (unpaired) electrons. The van der Waals surface area contributed by atoms with E-state index >= 15 is 0 Å². The highest BCUT2D eigenvalue weighted by Crippen LogP contribution is 2.23.